The van der Waals surface area contributed by atoms with E-state index in [1.165, 1.54) is 0 Å². The summed E-state index contributed by atoms with van der Waals surface area (Å²) in [5.74, 6) is 0.906. The molecule has 1 fully saturated rings. The highest BCUT2D eigenvalue weighted by Gasteiger charge is 2.37. The normalized spacial score (nSPS) is 19.7. The molecule has 1 aliphatic rings. The monoisotopic (exact) mass is 412 g/mol. The van der Waals surface area contributed by atoms with E-state index in [9.17, 15) is 4.79 Å². The molecule has 2 heterocycles. The van der Waals surface area contributed by atoms with Crippen molar-refractivity contribution in [3.05, 3.63) is 102 Å². The summed E-state index contributed by atoms with van der Waals surface area (Å²) in [6.07, 6.45) is 1.44. The van der Waals surface area contributed by atoms with E-state index < -0.39 is 0 Å². The molecule has 2 atom stereocenters. The smallest absolute Gasteiger partial charge is 0.197 e. The molecule has 1 aromatic heterocycles. The fourth-order valence-corrected chi connectivity index (χ4v) is 4.24. The fraction of sp³-hybridized carbons (Fsp3) is 0.231. The summed E-state index contributed by atoms with van der Waals surface area (Å²) < 4.78 is 5.83. The predicted octanol–water partition coefficient (Wildman–Crippen LogP) is 5.45. The number of fused-ring (bicyclic) bond motifs is 1. The van der Waals surface area contributed by atoms with Crippen LogP contribution in [0.1, 0.15) is 41.9 Å². The van der Waals surface area contributed by atoms with Gasteiger partial charge in [-0.3, -0.25) is 9.63 Å². The lowest BCUT2D eigenvalue weighted by Crippen LogP contribution is -2.40. The van der Waals surface area contributed by atoms with Crippen molar-refractivity contribution >= 4 is 16.9 Å². The zero-order valence-electron chi connectivity index (χ0n) is 17.2. The molecule has 0 spiro atoms. The van der Waals surface area contributed by atoms with E-state index in [2.05, 4.69) is 29.2 Å². The molecule has 0 aliphatic carbocycles. The lowest BCUT2D eigenvalue weighted by Gasteiger charge is -2.40. The third-order valence-electron chi connectivity index (χ3n) is 5.72. The van der Waals surface area contributed by atoms with Gasteiger partial charge in [-0.15, -0.1) is 0 Å². The maximum absolute atomic E-state index is 12.7. The van der Waals surface area contributed by atoms with Crippen LogP contribution in [0, 0.1) is 0 Å². The third kappa shape index (κ3) is 4.29. The molecule has 0 saturated carbocycles. The molecule has 5 heteroatoms. The first-order chi connectivity index (χ1) is 15.3. The van der Waals surface area contributed by atoms with Gasteiger partial charge in [0.25, 0.3) is 0 Å². The summed E-state index contributed by atoms with van der Waals surface area (Å²) in [7, 11) is 0. The maximum Gasteiger partial charge on any atom is 0.197 e. The van der Waals surface area contributed by atoms with Crippen LogP contribution in [0.25, 0.3) is 11.1 Å². The fourth-order valence-electron chi connectivity index (χ4n) is 4.24. The van der Waals surface area contributed by atoms with Crippen molar-refractivity contribution < 1.29 is 14.0 Å². The van der Waals surface area contributed by atoms with Gasteiger partial charge in [0.2, 0.25) is 0 Å². The number of hydrogen-bond acceptors (Lipinski definition) is 5. The van der Waals surface area contributed by atoms with Crippen LogP contribution in [0.2, 0.25) is 0 Å². The Morgan fingerprint density at radius 2 is 1.42 bits per heavy atom. The lowest BCUT2D eigenvalue weighted by atomic mass is 9.89. The Hall–Kier alpha value is -3.28. The molecule has 4 aromatic rings. The minimum atomic E-state index is -0.128. The van der Waals surface area contributed by atoms with E-state index in [0.29, 0.717) is 31.8 Å². The lowest BCUT2D eigenvalue weighted by molar-refractivity contribution is -0.228. The molecule has 5 rings (SSSR count). The number of para-hydroxylation sites is 2. The third-order valence-corrected chi connectivity index (χ3v) is 5.72. The summed E-state index contributed by atoms with van der Waals surface area (Å²) in [5, 5.41) is 2.01. The SMILES string of the molecule is O=C1CC(c2ccccc2)N(OCCc2nc3ccccc3o2)C(c2ccccc2)C1. The van der Waals surface area contributed by atoms with Crippen molar-refractivity contribution in [3.63, 3.8) is 0 Å². The van der Waals surface area contributed by atoms with Crippen LogP contribution in [-0.4, -0.2) is 22.4 Å². The number of rotatable bonds is 6. The summed E-state index contributed by atoms with van der Waals surface area (Å²) >= 11 is 0. The van der Waals surface area contributed by atoms with Crippen molar-refractivity contribution in [1.82, 2.24) is 10.0 Å². The van der Waals surface area contributed by atoms with Gasteiger partial charge in [-0.25, -0.2) is 4.98 Å². The van der Waals surface area contributed by atoms with Crippen molar-refractivity contribution in [2.75, 3.05) is 6.61 Å². The minimum absolute atomic E-state index is 0.128. The average molecular weight is 412 g/mol. The molecule has 5 nitrogen and oxygen atoms in total. The Bertz CT molecular complexity index is 1070. The molecule has 1 saturated heterocycles. The number of piperidine rings is 1. The van der Waals surface area contributed by atoms with E-state index in [1.54, 1.807) is 0 Å². The van der Waals surface area contributed by atoms with E-state index in [0.717, 1.165) is 22.2 Å². The van der Waals surface area contributed by atoms with Gasteiger partial charge in [0.15, 0.2) is 11.5 Å². The highest BCUT2D eigenvalue weighted by atomic mass is 16.7. The molecule has 0 N–H and O–H groups in total. The standard InChI is InChI=1S/C26H24N2O3/c29-21-17-23(19-9-3-1-4-10-19)28(24(18-21)20-11-5-2-6-12-20)30-16-15-26-27-22-13-7-8-14-25(22)31-26/h1-14,23-24H,15-18H2. The number of carbonyl (C=O) groups is 1. The number of hydroxylamine groups is 2. The quantitative estimate of drug-likeness (QED) is 0.421. The molecule has 2 unspecified atom stereocenters. The minimum Gasteiger partial charge on any atom is -0.441 e. The van der Waals surface area contributed by atoms with Gasteiger partial charge in [0, 0.05) is 19.3 Å². The Kier molecular flexibility index (Phi) is 5.61. The van der Waals surface area contributed by atoms with Crippen LogP contribution < -0.4 is 0 Å². The molecule has 0 bridgehead atoms. The molecular weight excluding hydrogens is 388 g/mol. The molecule has 0 radical (unpaired) electrons. The van der Waals surface area contributed by atoms with Gasteiger partial charge in [0.1, 0.15) is 11.3 Å². The number of benzene rings is 3. The highest BCUT2D eigenvalue weighted by molar-refractivity contribution is 5.81. The molecule has 31 heavy (non-hydrogen) atoms. The zero-order valence-corrected chi connectivity index (χ0v) is 17.2. The van der Waals surface area contributed by atoms with Gasteiger partial charge in [-0.2, -0.15) is 5.06 Å². The van der Waals surface area contributed by atoms with Crippen LogP contribution in [0.15, 0.2) is 89.3 Å². The molecule has 0 amide bonds. The predicted molar refractivity (Wildman–Crippen MR) is 118 cm³/mol. The van der Waals surface area contributed by atoms with E-state index in [-0.39, 0.29) is 17.9 Å². The van der Waals surface area contributed by atoms with Crippen molar-refractivity contribution in [3.8, 4) is 0 Å². The van der Waals surface area contributed by atoms with Gasteiger partial charge in [0.05, 0.1) is 18.7 Å². The number of carbonyl (C=O) groups excluding carboxylic acids is 1. The maximum atomic E-state index is 12.7. The number of Topliss-reactive ketones (excluding diaryl/α,β-unsaturated/α-hetero) is 1. The summed E-state index contributed by atoms with van der Waals surface area (Å²) in [6, 6.07) is 27.7. The van der Waals surface area contributed by atoms with Crippen LogP contribution in [0.5, 0.6) is 0 Å². The molecule has 1 aliphatic heterocycles. The van der Waals surface area contributed by atoms with E-state index in [1.807, 2.05) is 65.7 Å². The van der Waals surface area contributed by atoms with Gasteiger partial charge in [-0.05, 0) is 23.3 Å². The number of hydrogen-bond donors (Lipinski definition) is 0. The van der Waals surface area contributed by atoms with Crippen LogP contribution in [0.4, 0.5) is 0 Å². The summed E-state index contributed by atoms with van der Waals surface area (Å²) in [5.41, 5.74) is 3.80. The van der Waals surface area contributed by atoms with Crippen molar-refractivity contribution in [2.45, 2.75) is 31.3 Å². The number of aromatic nitrogens is 1. The number of oxazole rings is 1. The van der Waals surface area contributed by atoms with Crippen molar-refractivity contribution in [2.24, 2.45) is 0 Å². The Labute approximate surface area is 181 Å². The second-order valence-electron chi connectivity index (χ2n) is 7.82. The van der Waals surface area contributed by atoms with Crippen LogP contribution in [0.3, 0.4) is 0 Å². The van der Waals surface area contributed by atoms with Crippen LogP contribution in [-0.2, 0) is 16.1 Å². The highest BCUT2D eigenvalue weighted by Crippen LogP contribution is 2.40. The second kappa shape index (κ2) is 8.84. The van der Waals surface area contributed by atoms with Gasteiger partial charge < -0.3 is 4.42 Å². The van der Waals surface area contributed by atoms with Gasteiger partial charge >= 0.3 is 0 Å². The Morgan fingerprint density at radius 3 is 2.03 bits per heavy atom. The summed E-state index contributed by atoms with van der Waals surface area (Å²) in [6.45, 7) is 0.424. The first-order valence-electron chi connectivity index (χ1n) is 10.7. The molecular formula is C26H24N2O3. The largest absolute Gasteiger partial charge is 0.441 e. The van der Waals surface area contributed by atoms with Gasteiger partial charge in [-0.1, -0.05) is 72.8 Å². The van der Waals surface area contributed by atoms with Crippen molar-refractivity contribution in [1.29, 1.82) is 0 Å². The van der Waals surface area contributed by atoms with E-state index in [4.69, 9.17) is 9.25 Å². The summed E-state index contributed by atoms with van der Waals surface area (Å²) in [4.78, 5) is 23.6. The topological polar surface area (TPSA) is 55.6 Å². The zero-order chi connectivity index (χ0) is 21.0. The number of ketones is 1. The molecule has 3 aromatic carbocycles. The first-order valence-corrected chi connectivity index (χ1v) is 10.7. The Balaban J connectivity index is 1.39. The molecule has 156 valence electrons. The Morgan fingerprint density at radius 1 is 0.839 bits per heavy atom. The van der Waals surface area contributed by atoms with E-state index >= 15 is 0 Å². The average Bonchev–Trinajstić information content (AvgIpc) is 3.23. The van der Waals surface area contributed by atoms with Crippen LogP contribution >= 0.6 is 0 Å². The first kappa shape index (κ1) is 19.7. The number of nitrogens with zero attached hydrogens (tertiary/aromatic N) is 2. The second-order valence-corrected chi connectivity index (χ2v) is 7.82.